The van der Waals surface area contributed by atoms with Crippen LogP contribution < -0.4 is 5.32 Å². The van der Waals surface area contributed by atoms with Crippen LogP contribution in [-0.4, -0.2) is 48.6 Å². The van der Waals surface area contributed by atoms with Crippen molar-refractivity contribution in [2.45, 2.75) is 52.4 Å². The van der Waals surface area contributed by atoms with Crippen LogP contribution in [0.15, 0.2) is 24.3 Å². The van der Waals surface area contributed by atoms with Gasteiger partial charge in [-0.2, -0.15) is 0 Å². The van der Waals surface area contributed by atoms with E-state index in [4.69, 9.17) is 0 Å². The molecule has 21 heavy (non-hydrogen) atoms. The molecule has 118 valence electrons. The molecule has 0 aliphatic carbocycles. The highest BCUT2D eigenvalue weighted by Crippen LogP contribution is 2.15. The highest BCUT2D eigenvalue weighted by atomic mass is 15.2. The molecule has 1 heterocycles. The van der Waals surface area contributed by atoms with E-state index in [-0.39, 0.29) is 0 Å². The van der Waals surface area contributed by atoms with Crippen LogP contribution in [0.1, 0.15) is 38.3 Å². The smallest absolute Gasteiger partial charge is 0.0233 e. The Morgan fingerprint density at radius 2 is 1.76 bits per heavy atom. The number of benzene rings is 1. The van der Waals surface area contributed by atoms with Crippen molar-refractivity contribution in [3.05, 3.63) is 35.4 Å². The number of rotatable bonds is 7. The van der Waals surface area contributed by atoms with E-state index in [0.717, 1.165) is 26.2 Å². The lowest BCUT2D eigenvalue weighted by Crippen LogP contribution is -2.31. The fourth-order valence-electron chi connectivity index (χ4n) is 3.07. The molecule has 0 radical (unpaired) electrons. The Morgan fingerprint density at radius 3 is 2.29 bits per heavy atom. The maximum Gasteiger partial charge on any atom is 0.0233 e. The second kappa shape index (κ2) is 7.92. The van der Waals surface area contributed by atoms with Gasteiger partial charge in [-0.3, -0.25) is 4.90 Å². The monoisotopic (exact) mass is 289 g/mol. The van der Waals surface area contributed by atoms with E-state index >= 15 is 0 Å². The molecule has 0 aromatic heterocycles. The van der Waals surface area contributed by atoms with Crippen molar-refractivity contribution in [2.75, 3.05) is 26.7 Å². The molecule has 1 fully saturated rings. The molecular weight excluding hydrogens is 258 g/mol. The average molecular weight is 289 g/mol. The topological polar surface area (TPSA) is 18.5 Å². The second-order valence-electron chi connectivity index (χ2n) is 6.38. The Hall–Kier alpha value is -0.900. The molecule has 2 atom stereocenters. The van der Waals surface area contributed by atoms with Crippen molar-refractivity contribution in [3.8, 4) is 0 Å². The van der Waals surface area contributed by atoms with Crippen molar-refractivity contribution >= 4 is 0 Å². The lowest BCUT2D eigenvalue weighted by molar-refractivity contribution is 0.296. The maximum absolute atomic E-state index is 3.69. The van der Waals surface area contributed by atoms with Crippen LogP contribution >= 0.6 is 0 Å². The lowest BCUT2D eigenvalue weighted by Gasteiger charge is -2.18. The molecule has 0 amide bonds. The van der Waals surface area contributed by atoms with Crippen LogP contribution in [0.4, 0.5) is 0 Å². The Bertz CT molecular complexity index is 401. The quantitative estimate of drug-likeness (QED) is 0.832. The van der Waals surface area contributed by atoms with Gasteiger partial charge < -0.3 is 10.2 Å². The Kier molecular flexibility index (Phi) is 6.22. The summed E-state index contributed by atoms with van der Waals surface area (Å²) in [6.45, 7) is 12.2. The van der Waals surface area contributed by atoms with Crippen LogP contribution in [0.3, 0.4) is 0 Å². The number of hydrogen-bond acceptors (Lipinski definition) is 3. The molecule has 1 saturated heterocycles. The van der Waals surface area contributed by atoms with Gasteiger partial charge >= 0.3 is 0 Å². The highest BCUT2D eigenvalue weighted by Gasteiger charge is 2.25. The van der Waals surface area contributed by atoms with E-state index in [9.17, 15) is 0 Å². The molecule has 0 spiro atoms. The van der Waals surface area contributed by atoms with Gasteiger partial charge in [-0.05, 0) is 44.6 Å². The fraction of sp³-hybridized carbons (Fsp3) is 0.667. The van der Waals surface area contributed by atoms with Crippen LogP contribution in [0, 0.1) is 0 Å². The van der Waals surface area contributed by atoms with Gasteiger partial charge in [0.15, 0.2) is 0 Å². The first-order valence-corrected chi connectivity index (χ1v) is 8.36. The van der Waals surface area contributed by atoms with Gasteiger partial charge in [0.1, 0.15) is 0 Å². The van der Waals surface area contributed by atoms with Crippen LogP contribution in [0.25, 0.3) is 0 Å². The third kappa shape index (κ3) is 4.80. The molecule has 3 nitrogen and oxygen atoms in total. The first kappa shape index (κ1) is 16.5. The van der Waals surface area contributed by atoms with E-state index < -0.39 is 0 Å². The zero-order valence-electron chi connectivity index (χ0n) is 14.1. The van der Waals surface area contributed by atoms with Crippen LogP contribution in [0.2, 0.25) is 0 Å². The fourth-order valence-corrected chi connectivity index (χ4v) is 3.07. The molecule has 1 aromatic carbocycles. The Morgan fingerprint density at radius 1 is 1.14 bits per heavy atom. The number of nitrogens with zero attached hydrogens (tertiary/aromatic N) is 2. The molecule has 1 aliphatic heterocycles. The van der Waals surface area contributed by atoms with Crippen LogP contribution in [-0.2, 0) is 13.1 Å². The van der Waals surface area contributed by atoms with Crippen molar-refractivity contribution in [2.24, 2.45) is 0 Å². The van der Waals surface area contributed by atoms with Gasteiger partial charge in [-0.25, -0.2) is 0 Å². The van der Waals surface area contributed by atoms with Crippen molar-refractivity contribution in [1.29, 1.82) is 0 Å². The zero-order valence-corrected chi connectivity index (χ0v) is 14.1. The minimum Gasteiger partial charge on any atom is -0.309 e. The predicted molar refractivity (Wildman–Crippen MR) is 90.4 cm³/mol. The summed E-state index contributed by atoms with van der Waals surface area (Å²) in [5.41, 5.74) is 2.80. The summed E-state index contributed by atoms with van der Waals surface area (Å²) in [6.07, 6.45) is 1.26. The van der Waals surface area contributed by atoms with E-state index in [1.807, 2.05) is 0 Å². The second-order valence-corrected chi connectivity index (χ2v) is 6.38. The summed E-state index contributed by atoms with van der Waals surface area (Å²) in [4.78, 5) is 4.88. The molecule has 1 N–H and O–H groups in total. The zero-order chi connectivity index (χ0) is 15.2. The number of likely N-dealkylation sites (tertiary alicyclic amines) is 1. The normalized spacial score (nSPS) is 23.1. The summed E-state index contributed by atoms with van der Waals surface area (Å²) >= 11 is 0. The minimum absolute atomic E-state index is 0.639. The Labute approximate surface area is 130 Å². The third-order valence-corrected chi connectivity index (χ3v) is 4.80. The number of likely N-dealkylation sites (N-methyl/N-ethyl adjacent to an activating group) is 1. The molecule has 2 unspecified atom stereocenters. The van der Waals surface area contributed by atoms with E-state index in [1.165, 1.54) is 24.1 Å². The van der Waals surface area contributed by atoms with Gasteiger partial charge in [-0.15, -0.1) is 0 Å². The highest BCUT2D eigenvalue weighted by molar-refractivity contribution is 5.22. The molecule has 1 aromatic rings. The van der Waals surface area contributed by atoms with Gasteiger partial charge in [0.2, 0.25) is 0 Å². The molecule has 3 heteroatoms. The summed E-state index contributed by atoms with van der Waals surface area (Å²) in [6, 6.07) is 10.4. The molecule has 1 aliphatic rings. The van der Waals surface area contributed by atoms with Gasteiger partial charge in [0, 0.05) is 31.7 Å². The summed E-state index contributed by atoms with van der Waals surface area (Å²) in [7, 11) is 2.22. The Balaban J connectivity index is 1.80. The number of hydrogen-bond donors (Lipinski definition) is 1. The first-order valence-electron chi connectivity index (χ1n) is 8.36. The first-order chi connectivity index (χ1) is 10.1. The molecular formula is C18H31N3. The van der Waals surface area contributed by atoms with E-state index in [0.29, 0.717) is 12.1 Å². The molecule has 0 saturated carbocycles. The van der Waals surface area contributed by atoms with Crippen molar-refractivity contribution < 1.29 is 0 Å². The SMILES string of the molecule is CCN(CC)Cc1ccc(CNC2CC(C)N(C)C2)cc1. The van der Waals surface area contributed by atoms with Crippen molar-refractivity contribution in [3.63, 3.8) is 0 Å². The van der Waals surface area contributed by atoms with E-state index in [2.05, 4.69) is 67.2 Å². The molecule has 0 bridgehead atoms. The number of nitrogens with one attached hydrogen (secondary N) is 1. The molecule has 2 rings (SSSR count). The maximum atomic E-state index is 3.69. The third-order valence-electron chi connectivity index (χ3n) is 4.80. The largest absolute Gasteiger partial charge is 0.309 e. The minimum atomic E-state index is 0.639. The summed E-state index contributed by atoms with van der Waals surface area (Å²) in [5, 5.41) is 3.69. The summed E-state index contributed by atoms with van der Waals surface area (Å²) in [5.74, 6) is 0. The van der Waals surface area contributed by atoms with Gasteiger partial charge in [0.25, 0.3) is 0 Å². The average Bonchev–Trinajstić information content (AvgIpc) is 2.82. The van der Waals surface area contributed by atoms with Crippen LogP contribution in [0.5, 0.6) is 0 Å². The van der Waals surface area contributed by atoms with Crippen molar-refractivity contribution in [1.82, 2.24) is 15.1 Å². The summed E-state index contributed by atoms with van der Waals surface area (Å²) < 4.78 is 0. The van der Waals surface area contributed by atoms with Gasteiger partial charge in [0.05, 0.1) is 0 Å². The predicted octanol–water partition coefficient (Wildman–Crippen LogP) is 2.71. The lowest BCUT2D eigenvalue weighted by atomic mass is 10.1. The van der Waals surface area contributed by atoms with E-state index in [1.54, 1.807) is 0 Å². The standard InChI is InChI=1S/C18H31N3/c1-5-21(6-2)13-17-9-7-16(8-10-17)12-19-18-11-15(3)20(4)14-18/h7-10,15,18-19H,5-6,11-14H2,1-4H3. The van der Waals surface area contributed by atoms with Gasteiger partial charge in [-0.1, -0.05) is 38.1 Å².